The van der Waals surface area contributed by atoms with Crippen molar-refractivity contribution < 1.29 is 14.3 Å². The van der Waals surface area contributed by atoms with Crippen LogP contribution < -0.4 is 5.32 Å². The zero-order chi connectivity index (χ0) is 20.9. The fraction of sp³-hybridized carbons (Fsp3) is 0.261. The summed E-state index contributed by atoms with van der Waals surface area (Å²) in [6, 6.07) is 13.5. The second-order valence-electron chi connectivity index (χ2n) is 7.22. The maximum absolute atomic E-state index is 13.1. The SMILES string of the molecule is COCCCC(=O)N1CC(=O)c2c([nH]c(-c3ccncc3)c2Nc2ccccc2)C1. The number of rotatable bonds is 7. The lowest BCUT2D eigenvalue weighted by Gasteiger charge is -2.26. The first-order valence-corrected chi connectivity index (χ1v) is 9.94. The van der Waals surface area contributed by atoms with E-state index in [-0.39, 0.29) is 18.2 Å². The van der Waals surface area contributed by atoms with Crippen LogP contribution in [0.15, 0.2) is 54.9 Å². The van der Waals surface area contributed by atoms with Gasteiger partial charge in [0.1, 0.15) is 0 Å². The Kier molecular flexibility index (Phi) is 5.90. The number of pyridine rings is 1. The summed E-state index contributed by atoms with van der Waals surface area (Å²) in [6.45, 7) is 0.982. The van der Waals surface area contributed by atoms with E-state index in [0.29, 0.717) is 31.6 Å². The van der Waals surface area contributed by atoms with Gasteiger partial charge in [0, 0.05) is 49.5 Å². The molecule has 7 heteroatoms. The van der Waals surface area contributed by atoms with Gasteiger partial charge in [-0.3, -0.25) is 14.6 Å². The number of nitrogens with zero attached hydrogens (tertiary/aromatic N) is 2. The third kappa shape index (κ3) is 4.11. The molecule has 7 nitrogen and oxygen atoms in total. The third-order valence-electron chi connectivity index (χ3n) is 5.14. The molecule has 0 fully saturated rings. The fourth-order valence-electron chi connectivity index (χ4n) is 3.71. The van der Waals surface area contributed by atoms with E-state index in [0.717, 1.165) is 28.3 Å². The molecular weight excluding hydrogens is 380 g/mol. The Bertz CT molecular complexity index is 1030. The molecule has 0 unspecified atom stereocenters. The van der Waals surface area contributed by atoms with Crippen molar-refractivity contribution in [2.75, 3.05) is 25.6 Å². The Morgan fingerprint density at radius 1 is 1.17 bits per heavy atom. The van der Waals surface area contributed by atoms with Crippen molar-refractivity contribution in [1.29, 1.82) is 0 Å². The van der Waals surface area contributed by atoms with Crippen LogP contribution in [-0.4, -0.2) is 46.8 Å². The van der Waals surface area contributed by atoms with Gasteiger partial charge in [-0.1, -0.05) is 18.2 Å². The molecular formula is C23H24N4O3. The number of aromatic nitrogens is 2. The van der Waals surface area contributed by atoms with Gasteiger partial charge in [-0.15, -0.1) is 0 Å². The number of amides is 1. The minimum absolute atomic E-state index is 0.0383. The first kappa shape index (κ1) is 19.8. The van der Waals surface area contributed by atoms with Crippen LogP contribution in [0, 0.1) is 0 Å². The zero-order valence-electron chi connectivity index (χ0n) is 16.9. The number of benzene rings is 1. The first-order valence-electron chi connectivity index (χ1n) is 9.94. The van der Waals surface area contributed by atoms with E-state index in [4.69, 9.17) is 4.74 Å². The summed E-state index contributed by atoms with van der Waals surface area (Å²) >= 11 is 0. The Morgan fingerprint density at radius 3 is 2.67 bits per heavy atom. The largest absolute Gasteiger partial charge is 0.385 e. The normalized spacial score (nSPS) is 13.2. The molecule has 30 heavy (non-hydrogen) atoms. The topological polar surface area (TPSA) is 87.3 Å². The summed E-state index contributed by atoms with van der Waals surface area (Å²) in [5, 5.41) is 3.40. The van der Waals surface area contributed by atoms with Crippen molar-refractivity contribution >= 4 is 23.1 Å². The van der Waals surface area contributed by atoms with Gasteiger partial charge < -0.3 is 19.9 Å². The minimum atomic E-state index is -0.0775. The van der Waals surface area contributed by atoms with Crippen LogP contribution in [0.1, 0.15) is 28.9 Å². The number of fused-ring (bicyclic) bond motifs is 1. The second-order valence-corrected chi connectivity index (χ2v) is 7.22. The van der Waals surface area contributed by atoms with E-state index in [1.165, 1.54) is 0 Å². The van der Waals surface area contributed by atoms with Gasteiger partial charge in [0.05, 0.1) is 30.0 Å². The fourth-order valence-corrected chi connectivity index (χ4v) is 3.71. The number of ketones is 1. The van der Waals surface area contributed by atoms with Gasteiger partial charge in [-0.05, 0) is 30.7 Å². The molecule has 0 atom stereocenters. The Labute approximate surface area is 175 Å². The molecule has 0 aliphatic carbocycles. The van der Waals surface area contributed by atoms with Crippen molar-refractivity contribution in [3.63, 3.8) is 0 Å². The molecule has 2 aromatic heterocycles. The molecule has 1 aliphatic rings. The van der Waals surface area contributed by atoms with Crippen LogP contribution in [0.5, 0.6) is 0 Å². The highest BCUT2D eigenvalue weighted by molar-refractivity contribution is 6.09. The average Bonchev–Trinajstić information content (AvgIpc) is 3.14. The third-order valence-corrected chi connectivity index (χ3v) is 5.14. The zero-order valence-corrected chi connectivity index (χ0v) is 16.9. The van der Waals surface area contributed by atoms with Gasteiger partial charge in [-0.25, -0.2) is 0 Å². The first-order chi connectivity index (χ1) is 14.7. The molecule has 0 saturated heterocycles. The summed E-state index contributed by atoms with van der Waals surface area (Å²) in [4.78, 5) is 34.7. The molecule has 3 aromatic rings. The van der Waals surface area contributed by atoms with Crippen molar-refractivity contribution in [2.24, 2.45) is 0 Å². The Balaban J connectivity index is 1.69. The van der Waals surface area contributed by atoms with Crippen LogP contribution in [-0.2, 0) is 16.1 Å². The molecule has 1 aromatic carbocycles. The average molecular weight is 404 g/mol. The summed E-state index contributed by atoms with van der Waals surface area (Å²) in [6.07, 6.45) is 4.44. The standard InChI is InChI=1S/C23H24N4O3/c1-30-13-5-8-20(29)27-14-18-21(19(28)15-27)23(25-17-6-3-2-4-7-17)22(26-18)16-9-11-24-12-10-16/h2-4,6-7,9-12,25-26H,5,8,13-15H2,1H3. The molecule has 4 rings (SSSR count). The highest BCUT2D eigenvalue weighted by Crippen LogP contribution is 2.37. The predicted octanol–water partition coefficient (Wildman–Crippen LogP) is 3.77. The number of H-pyrrole nitrogens is 1. The van der Waals surface area contributed by atoms with E-state index in [1.54, 1.807) is 24.4 Å². The molecule has 0 radical (unpaired) electrons. The van der Waals surface area contributed by atoms with Gasteiger partial charge in [0.15, 0.2) is 5.78 Å². The Morgan fingerprint density at radius 2 is 1.93 bits per heavy atom. The Hall–Kier alpha value is -3.45. The number of carbonyl (C=O) groups excluding carboxylic acids is 2. The lowest BCUT2D eigenvalue weighted by atomic mass is 10.0. The molecule has 0 saturated carbocycles. The van der Waals surface area contributed by atoms with E-state index < -0.39 is 0 Å². The highest BCUT2D eigenvalue weighted by Gasteiger charge is 2.32. The number of carbonyl (C=O) groups is 2. The quantitative estimate of drug-likeness (QED) is 0.586. The van der Waals surface area contributed by atoms with Crippen molar-refractivity contribution in [3.8, 4) is 11.3 Å². The number of methoxy groups -OCH3 is 1. The van der Waals surface area contributed by atoms with Crippen LogP contribution >= 0.6 is 0 Å². The molecule has 0 spiro atoms. The number of hydrogen-bond acceptors (Lipinski definition) is 5. The number of nitrogens with one attached hydrogen (secondary N) is 2. The molecule has 1 amide bonds. The predicted molar refractivity (Wildman–Crippen MR) is 115 cm³/mol. The summed E-state index contributed by atoms with van der Waals surface area (Å²) < 4.78 is 5.02. The summed E-state index contributed by atoms with van der Waals surface area (Å²) in [5.74, 6) is -0.116. The van der Waals surface area contributed by atoms with Crippen molar-refractivity contribution in [2.45, 2.75) is 19.4 Å². The summed E-state index contributed by atoms with van der Waals surface area (Å²) in [7, 11) is 1.61. The van der Waals surface area contributed by atoms with E-state index in [1.807, 2.05) is 42.5 Å². The van der Waals surface area contributed by atoms with E-state index in [2.05, 4.69) is 15.3 Å². The lowest BCUT2D eigenvalue weighted by Crippen LogP contribution is -2.39. The highest BCUT2D eigenvalue weighted by atomic mass is 16.5. The molecule has 2 N–H and O–H groups in total. The monoisotopic (exact) mass is 404 g/mol. The number of anilines is 2. The number of Topliss-reactive ketones (excluding diaryl/α,β-unsaturated/α-hetero) is 1. The van der Waals surface area contributed by atoms with Gasteiger partial charge >= 0.3 is 0 Å². The van der Waals surface area contributed by atoms with Crippen LogP contribution in [0.2, 0.25) is 0 Å². The molecule has 0 bridgehead atoms. The number of para-hydroxylation sites is 1. The van der Waals surface area contributed by atoms with Gasteiger partial charge in [0.25, 0.3) is 0 Å². The summed E-state index contributed by atoms with van der Waals surface area (Å²) in [5.41, 5.74) is 4.72. The number of hydrogen-bond donors (Lipinski definition) is 2. The minimum Gasteiger partial charge on any atom is -0.385 e. The smallest absolute Gasteiger partial charge is 0.223 e. The lowest BCUT2D eigenvalue weighted by molar-refractivity contribution is -0.131. The van der Waals surface area contributed by atoms with Crippen molar-refractivity contribution in [1.82, 2.24) is 14.9 Å². The number of aromatic amines is 1. The molecule has 154 valence electrons. The van der Waals surface area contributed by atoms with Gasteiger partial charge in [-0.2, -0.15) is 0 Å². The van der Waals surface area contributed by atoms with E-state index in [9.17, 15) is 9.59 Å². The van der Waals surface area contributed by atoms with E-state index >= 15 is 0 Å². The molecule has 3 heterocycles. The molecule has 1 aliphatic heterocycles. The number of ether oxygens (including phenoxy) is 1. The van der Waals surface area contributed by atoms with Crippen LogP contribution in [0.3, 0.4) is 0 Å². The maximum atomic E-state index is 13.1. The van der Waals surface area contributed by atoms with Crippen molar-refractivity contribution in [3.05, 3.63) is 66.1 Å². The van der Waals surface area contributed by atoms with Gasteiger partial charge in [0.2, 0.25) is 5.91 Å². The maximum Gasteiger partial charge on any atom is 0.223 e. The van der Waals surface area contributed by atoms with Crippen LogP contribution in [0.25, 0.3) is 11.3 Å². The van der Waals surface area contributed by atoms with Crippen LogP contribution in [0.4, 0.5) is 11.4 Å². The second kappa shape index (κ2) is 8.92.